The number of nitrogens with zero attached hydrogens (tertiary/aromatic N) is 1. The zero-order valence-corrected chi connectivity index (χ0v) is 10.7. The summed E-state index contributed by atoms with van der Waals surface area (Å²) in [5.41, 5.74) is 1.00. The summed E-state index contributed by atoms with van der Waals surface area (Å²) in [5, 5.41) is 2.87. The van der Waals surface area contributed by atoms with Crippen LogP contribution in [0.1, 0.15) is 31.4 Å². The molecule has 1 fully saturated rings. The number of anilines is 1. The van der Waals surface area contributed by atoms with E-state index >= 15 is 0 Å². The van der Waals surface area contributed by atoms with Crippen LogP contribution in [-0.4, -0.2) is 16.7 Å². The highest BCUT2D eigenvalue weighted by Gasteiger charge is 2.49. The number of amides is 1. The molecule has 1 spiro atoms. The molecule has 4 nitrogen and oxygen atoms in total. The van der Waals surface area contributed by atoms with Gasteiger partial charge < -0.3 is 5.32 Å². The first-order valence-corrected chi connectivity index (χ1v) is 6.41. The van der Waals surface area contributed by atoms with Crippen molar-refractivity contribution in [3.63, 3.8) is 0 Å². The first kappa shape index (κ1) is 10.9. The van der Waals surface area contributed by atoms with E-state index in [4.69, 9.17) is 0 Å². The first-order valence-electron chi connectivity index (χ1n) is 5.62. The maximum Gasteiger partial charge on any atom is 0.236 e. The Kier molecular flexibility index (Phi) is 2.33. The molecule has 88 valence electrons. The molecule has 0 bridgehead atoms. The summed E-state index contributed by atoms with van der Waals surface area (Å²) in [7, 11) is 0. The van der Waals surface area contributed by atoms with Crippen LogP contribution in [0, 0.1) is 0 Å². The Morgan fingerprint density at radius 1 is 1.24 bits per heavy atom. The van der Waals surface area contributed by atoms with E-state index in [0.717, 1.165) is 16.0 Å². The standard InChI is InChI=1S/C12H11BrN2O2/c13-9-2-1-8-10(15-9)12(11(17)14-8)5-3-7(16)4-6-12/h1-2H,3-6H2,(H,14,17). The Hall–Kier alpha value is -1.23. The molecule has 3 rings (SSSR count). The van der Waals surface area contributed by atoms with E-state index in [2.05, 4.69) is 26.2 Å². The molecule has 1 aliphatic heterocycles. The number of hydrogen-bond donors (Lipinski definition) is 1. The summed E-state index contributed by atoms with van der Waals surface area (Å²) < 4.78 is 0.726. The summed E-state index contributed by atoms with van der Waals surface area (Å²) in [6.45, 7) is 0. The van der Waals surface area contributed by atoms with Crippen LogP contribution in [0.15, 0.2) is 16.7 Å². The summed E-state index contributed by atoms with van der Waals surface area (Å²) in [4.78, 5) is 27.9. The van der Waals surface area contributed by atoms with E-state index in [9.17, 15) is 9.59 Å². The maximum atomic E-state index is 12.1. The van der Waals surface area contributed by atoms with Gasteiger partial charge in [0.05, 0.1) is 16.8 Å². The van der Waals surface area contributed by atoms with Crippen LogP contribution < -0.4 is 5.32 Å². The molecule has 2 aliphatic rings. The van der Waals surface area contributed by atoms with Gasteiger partial charge in [0, 0.05) is 12.8 Å². The summed E-state index contributed by atoms with van der Waals surface area (Å²) >= 11 is 3.33. The highest BCUT2D eigenvalue weighted by Crippen LogP contribution is 2.45. The Balaban J connectivity index is 2.09. The lowest BCUT2D eigenvalue weighted by Gasteiger charge is -2.29. The van der Waals surface area contributed by atoms with Crippen molar-refractivity contribution in [3.8, 4) is 0 Å². The molecule has 1 amide bonds. The summed E-state index contributed by atoms with van der Waals surface area (Å²) in [5.74, 6) is 0.234. The third kappa shape index (κ3) is 1.52. The van der Waals surface area contributed by atoms with Gasteiger partial charge >= 0.3 is 0 Å². The number of pyridine rings is 1. The van der Waals surface area contributed by atoms with E-state index < -0.39 is 5.41 Å². The van der Waals surface area contributed by atoms with Crippen LogP contribution in [0.2, 0.25) is 0 Å². The molecule has 0 radical (unpaired) electrons. The molecular weight excluding hydrogens is 284 g/mol. The van der Waals surface area contributed by atoms with Gasteiger partial charge in [0.25, 0.3) is 0 Å². The van der Waals surface area contributed by atoms with E-state index in [1.54, 1.807) is 0 Å². The van der Waals surface area contributed by atoms with E-state index in [-0.39, 0.29) is 11.7 Å². The lowest BCUT2D eigenvalue weighted by atomic mass is 9.72. The Morgan fingerprint density at radius 3 is 2.65 bits per heavy atom. The highest BCUT2D eigenvalue weighted by atomic mass is 79.9. The molecular formula is C12H11BrN2O2. The molecule has 1 aromatic rings. The van der Waals surface area contributed by atoms with Crippen molar-refractivity contribution in [1.82, 2.24) is 4.98 Å². The predicted octanol–water partition coefficient (Wildman–Crippen LogP) is 2.18. The second kappa shape index (κ2) is 3.63. The molecule has 0 unspecified atom stereocenters. The maximum absolute atomic E-state index is 12.1. The molecule has 1 aromatic heterocycles. The monoisotopic (exact) mass is 294 g/mol. The van der Waals surface area contributed by atoms with Crippen molar-refractivity contribution in [2.75, 3.05) is 5.32 Å². The lowest BCUT2D eigenvalue weighted by Crippen LogP contribution is -2.39. The van der Waals surface area contributed by atoms with E-state index in [1.165, 1.54) is 0 Å². The van der Waals surface area contributed by atoms with Crippen molar-refractivity contribution in [2.24, 2.45) is 0 Å². The smallest absolute Gasteiger partial charge is 0.236 e. The molecule has 0 saturated heterocycles. The number of carbonyl (C=O) groups is 2. The SMILES string of the molecule is O=C1CCC2(CC1)C(=O)Nc1ccc(Br)nc12. The van der Waals surface area contributed by atoms with Gasteiger partial charge in [-0.25, -0.2) is 4.98 Å². The van der Waals surface area contributed by atoms with Gasteiger partial charge in [0.2, 0.25) is 5.91 Å². The number of ketones is 1. The minimum Gasteiger partial charge on any atom is -0.324 e. The normalized spacial score (nSPS) is 21.5. The van der Waals surface area contributed by atoms with Gasteiger partial charge in [-0.3, -0.25) is 9.59 Å². The fraction of sp³-hybridized carbons (Fsp3) is 0.417. The predicted molar refractivity (Wildman–Crippen MR) is 65.7 cm³/mol. The minimum atomic E-state index is -0.576. The lowest BCUT2D eigenvalue weighted by molar-refractivity contribution is -0.126. The first-order chi connectivity index (χ1) is 8.12. The number of hydrogen-bond acceptors (Lipinski definition) is 3. The number of fused-ring (bicyclic) bond motifs is 2. The Bertz CT molecular complexity index is 517. The van der Waals surface area contributed by atoms with Crippen molar-refractivity contribution >= 4 is 33.3 Å². The van der Waals surface area contributed by atoms with Gasteiger partial charge in [-0.1, -0.05) is 0 Å². The van der Waals surface area contributed by atoms with Gasteiger partial charge in [0.15, 0.2) is 0 Å². The van der Waals surface area contributed by atoms with Gasteiger partial charge in [-0.15, -0.1) is 0 Å². The Labute approximate surface area is 107 Å². The molecule has 1 aliphatic carbocycles. The molecule has 2 heterocycles. The zero-order valence-electron chi connectivity index (χ0n) is 9.12. The molecule has 5 heteroatoms. The number of rotatable bonds is 0. The second-order valence-corrected chi connectivity index (χ2v) is 5.42. The average molecular weight is 295 g/mol. The molecule has 17 heavy (non-hydrogen) atoms. The molecule has 0 aromatic carbocycles. The summed E-state index contributed by atoms with van der Waals surface area (Å²) in [6.07, 6.45) is 2.10. The number of halogens is 1. The second-order valence-electron chi connectivity index (χ2n) is 4.61. The third-order valence-corrected chi connectivity index (χ3v) is 4.10. The fourth-order valence-corrected chi connectivity index (χ4v) is 2.98. The number of carbonyl (C=O) groups excluding carboxylic acids is 2. The van der Waals surface area contributed by atoms with Crippen LogP contribution in [-0.2, 0) is 15.0 Å². The van der Waals surface area contributed by atoms with Crippen LogP contribution in [0.25, 0.3) is 0 Å². The Morgan fingerprint density at radius 2 is 1.94 bits per heavy atom. The van der Waals surface area contributed by atoms with Crippen molar-refractivity contribution in [2.45, 2.75) is 31.1 Å². The van der Waals surface area contributed by atoms with Crippen LogP contribution in [0.4, 0.5) is 5.69 Å². The van der Waals surface area contributed by atoms with Gasteiger partial charge in [-0.2, -0.15) is 0 Å². The van der Waals surface area contributed by atoms with Crippen LogP contribution in [0.5, 0.6) is 0 Å². The van der Waals surface area contributed by atoms with Crippen molar-refractivity contribution in [1.29, 1.82) is 0 Å². The largest absolute Gasteiger partial charge is 0.324 e. The summed E-state index contributed by atoms with van der Waals surface area (Å²) in [6, 6.07) is 3.67. The number of Topliss-reactive ketones (excluding diaryl/α,β-unsaturated/α-hetero) is 1. The van der Waals surface area contributed by atoms with Crippen molar-refractivity contribution in [3.05, 3.63) is 22.4 Å². The average Bonchev–Trinajstić information content (AvgIpc) is 2.57. The van der Waals surface area contributed by atoms with Gasteiger partial charge in [0.1, 0.15) is 10.4 Å². The van der Waals surface area contributed by atoms with Crippen molar-refractivity contribution < 1.29 is 9.59 Å². The van der Waals surface area contributed by atoms with Crippen LogP contribution in [0.3, 0.4) is 0 Å². The van der Waals surface area contributed by atoms with E-state index in [1.807, 2.05) is 12.1 Å². The minimum absolute atomic E-state index is 0.00870. The number of nitrogens with one attached hydrogen (secondary N) is 1. The van der Waals surface area contributed by atoms with Gasteiger partial charge in [-0.05, 0) is 40.9 Å². The highest BCUT2D eigenvalue weighted by molar-refractivity contribution is 9.10. The molecule has 0 atom stereocenters. The molecule has 1 N–H and O–H groups in total. The topological polar surface area (TPSA) is 59.1 Å². The zero-order chi connectivity index (χ0) is 12.0. The fourth-order valence-electron chi connectivity index (χ4n) is 2.67. The van der Waals surface area contributed by atoms with E-state index in [0.29, 0.717) is 25.7 Å². The molecule has 1 saturated carbocycles. The number of aromatic nitrogens is 1. The quantitative estimate of drug-likeness (QED) is 0.746. The third-order valence-electron chi connectivity index (χ3n) is 3.66. The van der Waals surface area contributed by atoms with Crippen LogP contribution >= 0.6 is 15.9 Å².